The van der Waals surface area contributed by atoms with E-state index in [-0.39, 0.29) is 5.91 Å². The van der Waals surface area contributed by atoms with E-state index in [1.807, 2.05) is 20.8 Å². The van der Waals surface area contributed by atoms with Gasteiger partial charge in [0.25, 0.3) is 0 Å². The number of benzene rings is 1. The summed E-state index contributed by atoms with van der Waals surface area (Å²) in [5.41, 5.74) is 1.44. The van der Waals surface area contributed by atoms with E-state index >= 15 is 0 Å². The lowest BCUT2D eigenvalue weighted by Gasteiger charge is -2.06. The topological polar surface area (TPSA) is 29.1 Å². The Bertz CT molecular complexity index is 327. The van der Waals surface area contributed by atoms with Crippen molar-refractivity contribution in [2.45, 2.75) is 27.7 Å². The summed E-state index contributed by atoms with van der Waals surface area (Å²) in [5.74, 6) is -0.143. The van der Waals surface area contributed by atoms with Crippen LogP contribution in [0.5, 0.6) is 0 Å². The fourth-order valence-electron chi connectivity index (χ4n) is 0.921. The summed E-state index contributed by atoms with van der Waals surface area (Å²) in [6, 6.07) is 3.34. The third-order valence-corrected chi connectivity index (χ3v) is 2.39. The normalized spacial score (nSPS) is 8.93. The maximum atomic E-state index is 10.7. The van der Waals surface area contributed by atoms with Crippen LogP contribution in [0.25, 0.3) is 0 Å². The molecule has 0 saturated carbocycles. The summed E-state index contributed by atoms with van der Waals surface area (Å²) in [7, 11) is 0. The Morgan fingerprint density at radius 2 is 1.60 bits per heavy atom. The van der Waals surface area contributed by atoms with Crippen molar-refractivity contribution in [3.8, 4) is 0 Å². The first-order valence-electron chi connectivity index (χ1n) is 4.74. The number of carbonyl (C=O) groups excluding carboxylic acids is 1. The second-order valence-corrected chi connectivity index (χ2v) is 3.56. The standard InChI is InChI=1S/C9H9Cl2NO.C2H6/c1-5-8(10)3-7(4-9(5)11)12-6(2)13;1-2/h3-4H,1-2H3,(H,12,13);1-2H3. The molecule has 15 heavy (non-hydrogen) atoms. The number of hydrogen-bond acceptors (Lipinski definition) is 1. The van der Waals surface area contributed by atoms with Gasteiger partial charge in [0.05, 0.1) is 0 Å². The summed E-state index contributed by atoms with van der Waals surface area (Å²) in [5, 5.41) is 3.71. The molecule has 1 N–H and O–H groups in total. The molecule has 0 aliphatic heterocycles. The minimum atomic E-state index is -0.143. The maximum Gasteiger partial charge on any atom is 0.221 e. The molecule has 0 aliphatic carbocycles. The molecule has 4 heteroatoms. The highest BCUT2D eigenvalue weighted by Gasteiger charge is 2.04. The molecule has 0 spiro atoms. The zero-order valence-corrected chi connectivity index (χ0v) is 10.8. The van der Waals surface area contributed by atoms with Gasteiger partial charge in [-0.3, -0.25) is 4.79 Å². The molecule has 0 fully saturated rings. The van der Waals surface area contributed by atoms with Crippen molar-refractivity contribution >= 4 is 34.8 Å². The maximum absolute atomic E-state index is 10.7. The van der Waals surface area contributed by atoms with E-state index in [1.165, 1.54) is 6.92 Å². The van der Waals surface area contributed by atoms with Crippen molar-refractivity contribution in [3.05, 3.63) is 27.7 Å². The van der Waals surface area contributed by atoms with Crippen molar-refractivity contribution in [1.29, 1.82) is 0 Å². The van der Waals surface area contributed by atoms with E-state index in [2.05, 4.69) is 5.32 Å². The molecule has 0 unspecified atom stereocenters. The third-order valence-electron chi connectivity index (χ3n) is 1.60. The molecule has 0 atom stereocenters. The van der Waals surface area contributed by atoms with Gasteiger partial charge in [-0.15, -0.1) is 0 Å². The highest BCUT2D eigenvalue weighted by Crippen LogP contribution is 2.27. The molecular weight excluding hydrogens is 233 g/mol. The molecule has 1 rings (SSSR count). The lowest BCUT2D eigenvalue weighted by Crippen LogP contribution is -2.05. The molecule has 0 heterocycles. The second-order valence-electron chi connectivity index (χ2n) is 2.75. The molecular formula is C11H15Cl2NO. The summed E-state index contributed by atoms with van der Waals surface area (Å²) < 4.78 is 0. The number of halogens is 2. The van der Waals surface area contributed by atoms with Crippen LogP contribution in [0.1, 0.15) is 26.3 Å². The highest BCUT2D eigenvalue weighted by atomic mass is 35.5. The Balaban J connectivity index is 0.000000921. The van der Waals surface area contributed by atoms with Crippen molar-refractivity contribution in [1.82, 2.24) is 0 Å². The van der Waals surface area contributed by atoms with Crippen LogP contribution in [0, 0.1) is 6.92 Å². The first kappa shape index (κ1) is 14.3. The summed E-state index contributed by atoms with van der Waals surface area (Å²) in [6.07, 6.45) is 0. The van der Waals surface area contributed by atoms with Crippen LogP contribution in [0.3, 0.4) is 0 Å². The van der Waals surface area contributed by atoms with E-state index in [4.69, 9.17) is 23.2 Å². The highest BCUT2D eigenvalue weighted by molar-refractivity contribution is 6.36. The monoisotopic (exact) mass is 247 g/mol. The quantitative estimate of drug-likeness (QED) is 0.789. The van der Waals surface area contributed by atoms with Crippen LogP contribution in [-0.4, -0.2) is 5.91 Å². The van der Waals surface area contributed by atoms with Crippen LogP contribution in [-0.2, 0) is 4.79 Å². The summed E-state index contributed by atoms with van der Waals surface area (Å²) in [6.45, 7) is 7.25. The van der Waals surface area contributed by atoms with Crippen LogP contribution < -0.4 is 5.32 Å². The molecule has 0 bridgehead atoms. The molecule has 1 amide bonds. The first-order valence-corrected chi connectivity index (χ1v) is 5.49. The minimum Gasteiger partial charge on any atom is -0.326 e. The number of amides is 1. The van der Waals surface area contributed by atoms with Gasteiger partial charge in [0.1, 0.15) is 0 Å². The Hall–Kier alpha value is -0.730. The van der Waals surface area contributed by atoms with E-state index in [0.29, 0.717) is 15.7 Å². The molecule has 0 radical (unpaired) electrons. The SMILES string of the molecule is CC.CC(=O)Nc1cc(Cl)c(C)c(Cl)c1. The predicted octanol–water partition coefficient (Wildman–Crippen LogP) is 4.29. The van der Waals surface area contributed by atoms with E-state index in [9.17, 15) is 4.79 Å². The van der Waals surface area contributed by atoms with E-state index in [1.54, 1.807) is 12.1 Å². The number of anilines is 1. The van der Waals surface area contributed by atoms with Crippen molar-refractivity contribution in [3.63, 3.8) is 0 Å². The van der Waals surface area contributed by atoms with Crippen molar-refractivity contribution in [2.24, 2.45) is 0 Å². The van der Waals surface area contributed by atoms with Gasteiger partial charge in [-0.1, -0.05) is 37.0 Å². The largest absolute Gasteiger partial charge is 0.326 e. The van der Waals surface area contributed by atoms with Gasteiger partial charge in [0.15, 0.2) is 0 Å². The molecule has 2 nitrogen and oxygen atoms in total. The van der Waals surface area contributed by atoms with Gasteiger partial charge >= 0.3 is 0 Å². The van der Waals surface area contributed by atoms with Crippen molar-refractivity contribution in [2.75, 3.05) is 5.32 Å². The van der Waals surface area contributed by atoms with Crippen LogP contribution in [0.15, 0.2) is 12.1 Å². The molecule has 0 aliphatic rings. The van der Waals surface area contributed by atoms with Gasteiger partial charge in [-0.25, -0.2) is 0 Å². The molecule has 84 valence electrons. The second kappa shape index (κ2) is 6.70. The molecule has 1 aromatic carbocycles. The number of hydrogen-bond donors (Lipinski definition) is 1. The third kappa shape index (κ3) is 4.54. The number of rotatable bonds is 1. The average molecular weight is 248 g/mol. The van der Waals surface area contributed by atoms with Crippen LogP contribution in [0.4, 0.5) is 5.69 Å². The molecule has 0 aromatic heterocycles. The lowest BCUT2D eigenvalue weighted by atomic mass is 10.2. The average Bonchev–Trinajstić information content (AvgIpc) is 2.16. The number of nitrogens with one attached hydrogen (secondary N) is 1. The Morgan fingerprint density at radius 1 is 1.20 bits per heavy atom. The molecule has 0 saturated heterocycles. The van der Waals surface area contributed by atoms with Crippen LogP contribution >= 0.6 is 23.2 Å². The Kier molecular flexibility index (Phi) is 6.37. The number of carbonyl (C=O) groups is 1. The minimum absolute atomic E-state index is 0.143. The fraction of sp³-hybridized carbons (Fsp3) is 0.364. The summed E-state index contributed by atoms with van der Waals surface area (Å²) >= 11 is 11.7. The predicted molar refractivity (Wildman–Crippen MR) is 66.9 cm³/mol. The van der Waals surface area contributed by atoms with Crippen LogP contribution in [0.2, 0.25) is 10.0 Å². The summed E-state index contributed by atoms with van der Waals surface area (Å²) in [4.78, 5) is 10.7. The smallest absolute Gasteiger partial charge is 0.221 e. The van der Waals surface area contributed by atoms with Gasteiger partial charge in [-0.05, 0) is 24.6 Å². The van der Waals surface area contributed by atoms with Gasteiger partial charge < -0.3 is 5.32 Å². The zero-order chi connectivity index (χ0) is 12.0. The Morgan fingerprint density at radius 3 is 1.93 bits per heavy atom. The lowest BCUT2D eigenvalue weighted by molar-refractivity contribution is -0.114. The fourth-order valence-corrected chi connectivity index (χ4v) is 1.41. The van der Waals surface area contributed by atoms with Crippen molar-refractivity contribution < 1.29 is 4.79 Å². The van der Waals surface area contributed by atoms with E-state index < -0.39 is 0 Å². The van der Waals surface area contributed by atoms with Gasteiger partial charge in [0.2, 0.25) is 5.91 Å². The van der Waals surface area contributed by atoms with E-state index in [0.717, 1.165) is 5.56 Å². The first-order chi connectivity index (χ1) is 7.00. The molecule has 1 aromatic rings. The van der Waals surface area contributed by atoms with Gasteiger partial charge in [-0.2, -0.15) is 0 Å². The van der Waals surface area contributed by atoms with Gasteiger partial charge in [0, 0.05) is 22.7 Å². The zero-order valence-electron chi connectivity index (χ0n) is 9.32. The Labute approximate surface area is 101 Å².